The molecule has 0 aromatic heterocycles. The summed E-state index contributed by atoms with van der Waals surface area (Å²) in [6.07, 6.45) is -1.25. The number of ether oxygens (including phenoxy) is 8. The highest BCUT2D eigenvalue weighted by Crippen LogP contribution is 2.22. The minimum absolute atomic E-state index is 0.0306. The molecule has 2 N–H and O–H groups in total. The number of esters is 2. The molecule has 0 spiro atoms. The number of rotatable bonds is 16. The van der Waals surface area contributed by atoms with E-state index in [0.29, 0.717) is 0 Å². The van der Waals surface area contributed by atoms with Crippen LogP contribution >= 0.6 is 0 Å². The quantitative estimate of drug-likeness (QED) is 0.143. The second-order valence-corrected chi connectivity index (χ2v) is 14.2. The van der Waals surface area contributed by atoms with Crippen molar-refractivity contribution in [2.45, 2.75) is 137 Å². The summed E-state index contributed by atoms with van der Waals surface area (Å²) in [7, 11) is 0. The maximum atomic E-state index is 12.5. The fourth-order valence-electron chi connectivity index (χ4n) is 2.92. The number of hydrogen-bond donors (Lipinski definition) is 1. The van der Waals surface area contributed by atoms with E-state index in [1.54, 1.807) is 69.2 Å². The third-order valence-corrected chi connectivity index (χ3v) is 5.40. The molecule has 14 nitrogen and oxygen atoms in total. The van der Waals surface area contributed by atoms with Crippen LogP contribution in [0.5, 0.6) is 0 Å². The average molecular weight is 636 g/mol. The summed E-state index contributed by atoms with van der Waals surface area (Å²) < 4.78 is 41.9. The summed E-state index contributed by atoms with van der Waals surface area (Å²) in [6.45, 7) is 19.6. The Morgan fingerprint density at radius 3 is 1.27 bits per heavy atom. The number of Topliss-reactive ketones (excluding diaryl/α,β-unsaturated/α-hetero) is 1. The van der Waals surface area contributed by atoms with Crippen molar-refractivity contribution < 1.29 is 61.9 Å². The monoisotopic (exact) mass is 635 g/mol. The van der Waals surface area contributed by atoms with Crippen LogP contribution in [0.25, 0.3) is 0 Å². The highest BCUT2D eigenvalue weighted by molar-refractivity contribution is 5.87. The second kappa shape index (κ2) is 15.8. The van der Waals surface area contributed by atoms with Gasteiger partial charge in [0, 0.05) is 12.8 Å². The summed E-state index contributed by atoms with van der Waals surface area (Å²) in [4.78, 5) is 61.0. The topological polar surface area (TPSA) is 185 Å². The zero-order valence-electron chi connectivity index (χ0n) is 28.6. The normalized spacial score (nSPS) is 14.1. The molecule has 0 aliphatic rings. The molecule has 1 atom stereocenters. The molecule has 14 heteroatoms. The third kappa shape index (κ3) is 18.6. The van der Waals surface area contributed by atoms with Crippen molar-refractivity contribution in [2.75, 3.05) is 26.4 Å². The smallest absolute Gasteiger partial charge is 0.455 e. The minimum atomic E-state index is -1.91. The van der Waals surface area contributed by atoms with Crippen molar-refractivity contribution in [1.29, 1.82) is 0 Å². The number of carbonyl (C=O) groups is 5. The van der Waals surface area contributed by atoms with E-state index in [-0.39, 0.29) is 26.1 Å². The lowest BCUT2D eigenvalue weighted by Crippen LogP contribution is -2.50. The van der Waals surface area contributed by atoms with Crippen LogP contribution in [0.2, 0.25) is 0 Å². The van der Waals surface area contributed by atoms with Gasteiger partial charge < -0.3 is 37.9 Å². The molecule has 0 radical (unpaired) electrons. The first kappa shape index (κ1) is 41.0. The van der Waals surface area contributed by atoms with Crippen molar-refractivity contribution in [1.82, 2.24) is 0 Å². The van der Waals surface area contributed by atoms with Crippen molar-refractivity contribution >= 4 is 30.0 Å². The molecule has 44 heavy (non-hydrogen) atoms. The van der Waals surface area contributed by atoms with Crippen LogP contribution in [0.15, 0.2) is 0 Å². The van der Waals surface area contributed by atoms with Gasteiger partial charge in [-0.15, -0.1) is 0 Å². The third-order valence-electron chi connectivity index (χ3n) is 5.40. The summed E-state index contributed by atoms with van der Waals surface area (Å²) in [5.74, 6) is -2.56. The van der Waals surface area contributed by atoms with Crippen LogP contribution < -0.4 is 5.73 Å². The second-order valence-electron chi connectivity index (χ2n) is 14.2. The van der Waals surface area contributed by atoms with Crippen LogP contribution in [-0.4, -0.2) is 90.2 Å². The Morgan fingerprint density at radius 1 is 0.523 bits per heavy atom. The van der Waals surface area contributed by atoms with Crippen molar-refractivity contribution in [3.63, 3.8) is 0 Å². The Hall–Kier alpha value is -2.97. The van der Waals surface area contributed by atoms with E-state index in [2.05, 4.69) is 0 Å². The molecule has 1 unspecified atom stereocenters. The van der Waals surface area contributed by atoms with Gasteiger partial charge >= 0.3 is 24.2 Å². The van der Waals surface area contributed by atoms with Gasteiger partial charge in [0.2, 0.25) is 11.5 Å². The zero-order valence-corrected chi connectivity index (χ0v) is 28.6. The van der Waals surface area contributed by atoms with Gasteiger partial charge in [-0.05, 0) is 90.0 Å². The highest BCUT2D eigenvalue weighted by Gasteiger charge is 2.35. The molecule has 0 aliphatic carbocycles. The lowest BCUT2D eigenvalue weighted by atomic mass is 10.1. The Kier molecular flexibility index (Phi) is 14.8. The first-order valence-corrected chi connectivity index (χ1v) is 14.3. The van der Waals surface area contributed by atoms with Crippen LogP contribution in [-0.2, 0) is 52.3 Å². The number of ketones is 1. The van der Waals surface area contributed by atoms with Crippen LogP contribution in [0.4, 0.5) is 9.59 Å². The molecule has 256 valence electrons. The van der Waals surface area contributed by atoms with Gasteiger partial charge in [0.1, 0.15) is 22.4 Å². The summed E-state index contributed by atoms with van der Waals surface area (Å²) >= 11 is 0. The SMILES string of the molecule is CC(C)(C)OC(=O)OC(C)(C)CCOC(C)(C)C(=O)OCC(=O)COC(=O)C(C)(N)OCCC(C)(C)OC(=O)OC(C)(C)C. The van der Waals surface area contributed by atoms with Crippen LogP contribution in [0.1, 0.15) is 103 Å². The van der Waals surface area contributed by atoms with Gasteiger partial charge in [0.25, 0.3) is 0 Å². The van der Waals surface area contributed by atoms with E-state index in [1.165, 1.54) is 20.8 Å². The van der Waals surface area contributed by atoms with Crippen LogP contribution in [0.3, 0.4) is 0 Å². The van der Waals surface area contributed by atoms with Crippen LogP contribution in [0, 0.1) is 0 Å². The maximum Gasteiger partial charge on any atom is 0.509 e. The molecule has 0 aromatic carbocycles. The largest absolute Gasteiger partial charge is 0.509 e. The van der Waals surface area contributed by atoms with Gasteiger partial charge in [-0.3, -0.25) is 10.5 Å². The van der Waals surface area contributed by atoms with Gasteiger partial charge in [-0.25, -0.2) is 19.2 Å². The van der Waals surface area contributed by atoms with Gasteiger partial charge in [0.15, 0.2) is 18.8 Å². The molecule has 0 amide bonds. The van der Waals surface area contributed by atoms with E-state index < -0.39 is 77.0 Å². The number of carbonyl (C=O) groups excluding carboxylic acids is 5. The molecule has 0 fully saturated rings. The summed E-state index contributed by atoms with van der Waals surface area (Å²) in [6, 6.07) is 0. The lowest BCUT2D eigenvalue weighted by Gasteiger charge is -2.29. The first-order valence-electron chi connectivity index (χ1n) is 14.3. The molecule has 0 heterocycles. The molecule has 0 rings (SSSR count). The Labute approximate surface area is 260 Å². The average Bonchev–Trinajstić information content (AvgIpc) is 2.76. The fourth-order valence-corrected chi connectivity index (χ4v) is 2.92. The molecular formula is C30H53NO13. The minimum Gasteiger partial charge on any atom is -0.455 e. The summed E-state index contributed by atoms with van der Waals surface area (Å²) in [5.41, 5.74) is -0.787. The lowest BCUT2D eigenvalue weighted by molar-refractivity contribution is -0.176. The van der Waals surface area contributed by atoms with Gasteiger partial charge in [-0.2, -0.15) is 0 Å². The molecule has 0 bridgehead atoms. The Bertz CT molecular complexity index is 923. The van der Waals surface area contributed by atoms with Gasteiger partial charge in [-0.1, -0.05) is 0 Å². The van der Waals surface area contributed by atoms with E-state index in [0.717, 1.165) is 0 Å². The highest BCUT2D eigenvalue weighted by atomic mass is 16.7. The van der Waals surface area contributed by atoms with E-state index in [4.69, 9.17) is 43.6 Å². The number of hydrogen-bond acceptors (Lipinski definition) is 14. The van der Waals surface area contributed by atoms with Gasteiger partial charge in [0.05, 0.1) is 13.2 Å². The maximum absolute atomic E-state index is 12.5. The van der Waals surface area contributed by atoms with E-state index in [1.807, 2.05) is 0 Å². The zero-order chi connectivity index (χ0) is 34.8. The predicted octanol–water partition coefficient (Wildman–Crippen LogP) is 4.37. The standard InChI is InChI=1S/C30H53NO13/c1-25(2,3)41-23(35)43-27(7,8)14-16-39-29(11,12)21(33)37-18-20(32)19-38-22(34)30(13,31)40-17-15-28(9,10)44-24(36)42-26(4,5)6/h14-19,31H2,1-13H3. The van der Waals surface area contributed by atoms with E-state index >= 15 is 0 Å². The molecular weight excluding hydrogens is 582 g/mol. The molecule has 0 aliphatic heterocycles. The molecule has 0 saturated carbocycles. The summed E-state index contributed by atoms with van der Waals surface area (Å²) in [5, 5.41) is 0. The van der Waals surface area contributed by atoms with E-state index in [9.17, 15) is 24.0 Å². The Balaban J connectivity index is 4.59. The predicted molar refractivity (Wildman–Crippen MR) is 158 cm³/mol. The molecule has 0 saturated heterocycles. The molecule has 0 aromatic rings. The Morgan fingerprint density at radius 2 is 0.886 bits per heavy atom. The van der Waals surface area contributed by atoms with Crippen molar-refractivity contribution in [3.8, 4) is 0 Å². The van der Waals surface area contributed by atoms with Crippen molar-refractivity contribution in [2.24, 2.45) is 5.73 Å². The fraction of sp³-hybridized carbons (Fsp3) is 0.833. The first-order chi connectivity index (χ1) is 19.6. The van der Waals surface area contributed by atoms with Crippen molar-refractivity contribution in [3.05, 3.63) is 0 Å². The number of nitrogens with two attached hydrogens (primary N) is 1.